The van der Waals surface area contributed by atoms with Gasteiger partial charge in [-0.1, -0.05) is 18.2 Å². The lowest BCUT2D eigenvalue weighted by Crippen LogP contribution is -2.44. The summed E-state index contributed by atoms with van der Waals surface area (Å²) >= 11 is 1.54. The number of sulfonamides is 1. The van der Waals surface area contributed by atoms with Crippen molar-refractivity contribution in [1.82, 2.24) is 14.7 Å². The van der Waals surface area contributed by atoms with Gasteiger partial charge in [-0.15, -0.1) is 0 Å². The molecule has 3 aromatic rings. The van der Waals surface area contributed by atoms with Gasteiger partial charge in [0, 0.05) is 18.1 Å². The number of hydrogen-bond donors (Lipinski definition) is 2. The quantitative estimate of drug-likeness (QED) is 0.480. The van der Waals surface area contributed by atoms with Gasteiger partial charge < -0.3 is 10.1 Å². The molecule has 0 aliphatic carbocycles. The zero-order chi connectivity index (χ0) is 22.1. The second-order valence-corrected chi connectivity index (χ2v) is 9.12. The number of nitrogens with one attached hydrogen (secondary N) is 2. The highest BCUT2D eigenvalue weighted by Gasteiger charge is 2.25. The summed E-state index contributed by atoms with van der Waals surface area (Å²) in [7, 11) is -3.82. The van der Waals surface area contributed by atoms with Crippen LogP contribution in [-0.2, 0) is 14.8 Å². The zero-order valence-electron chi connectivity index (χ0n) is 16.8. The lowest BCUT2D eigenvalue weighted by Gasteiger charge is -2.18. The molecular weight excluding hydrogens is 436 g/mol. The minimum Gasteiger partial charge on any atom is -0.424 e. The van der Waals surface area contributed by atoms with Crippen molar-refractivity contribution in [2.45, 2.75) is 17.4 Å². The minimum atomic E-state index is -3.82. The monoisotopic (exact) mass is 458 g/mol. The Balaban J connectivity index is 1.67. The molecule has 0 radical (unpaired) electrons. The topological polar surface area (TPSA) is 110 Å². The van der Waals surface area contributed by atoms with Gasteiger partial charge in [-0.3, -0.25) is 4.79 Å². The van der Waals surface area contributed by atoms with Crippen LogP contribution in [-0.4, -0.2) is 42.3 Å². The molecule has 0 bridgehead atoms. The zero-order valence-corrected chi connectivity index (χ0v) is 18.4. The Labute approximate surface area is 185 Å². The van der Waals surface area contributed by atoms with Crippen molar-refractivity contribution in [3.63, 3.8) is 0 Å². The first-order chi connectivity index (χ1) is 15.0. The normalized spacial score (nSPS) is 12.2. The number of thioether (sulfide) groups is 1. The second kappa shape index (κ2) is 10.9. The third kappa shape index (κ3) is 6.78. The number of carbonyl (C=O) groups is 1. The van der Waals surface area contributed by atoms with Gasteiger partial charge in [-0.2, -0.15) is 16.5 Å². The van der Waals surface area contributed by atoms with E-state index in [-0.39, 0.29) is 10.9 Å². The van der Waals surface area contributed by atoms with Gasteiger partial charge in [0.2, 0.25) is 15.9 Å². The summed E-state index contributed by atoms with van der Waals surface area (Å²) in [5.74, 6) is 0.695. The molecule has 0 aliphatic heterocycles. The van der Waals surface area contributed by atoms with Crippen LogP contribution in [0.5, 0.6) is 11.8 Å². The van der Waals surface area contributed by atoms with Crippen molar-refractivity contribution in [2.24, 2.45) is 0 Å². The molecule has 8 nitrogen and oxygen atoms in total. The summed E-state index contributed by atoms with van der Waals surface area (Å²) in [5.41, 5.74) is 0.513. The number of carbonyl (C=O) groups excluding carboxylic acids is 1. The maximum Gasteiger partial charge on any atom is 0.321 e. The van der Waals surface area contributed by atoms with Crippen molar-refractivity contribution in [1.29, 1.82) is 0 Å². The lowest BCUT2D eigenvalue weighted by molar-refractivity contribution is -0.117. The summed E-state index contributed by atoms with van der Waals surface area (Å²) < 4.78 is 33.3. The molecule has 162 valence electrons. The fraction of sp³-hybridized carbons (Fsp3) is 0.190. The molecule has 1 heterocycles. The maximum atomic E-state index is 12.8. The summed E-state index contributed by atoms with van der Waals surface area (Å²) in [6.07, 6.45) is 5.39. The van der Waals surface area contributed by atoms with Crippen LogP contribution in [0.25, 0.3) is 0 Å². The molecular formula is C21H22N4O4S2. The van der Waals surface area contributed by atoms with Gasteiger partial charge in [0.1, 0.15) is 11.8 Å². The Bertz CT molecular complexity index is 1080. The first-order valence-electron chi connectivity index (χ1n) is 9.40. The largest absolute Gasteiger partial charge is 0.424 e. The molecule has 31 heavy (non-hydrogen) atoms. The van der Waals surface area contributed by atoms with Crippen LogP contribution < -0.4 is 14.8 Å². The molecule has 0 aliphatic rings. The standard InChI is InChI=1S/C21H22N4O4S2/c1-30-15-12-19(25-31(27,28)18-6-3-2-4-7-18)20(26)24-16-8-10-17(11-9-16)29-21-22-13-5-14-23-21/h2-11,13-14,19,25H,12,15H2,1H3,(H,24,26). The Morgan fingerprint density at radius 3 is 2.35 bits per heavy atom. The maximum absolute atomic E-state index is 12.8. The summed E-state index contributed by atoms with van der Waals surface area (Å²) in [6.45, 7) is 0. The van der Waals surface area contributed by atoms with Gasteiger partial charge in [0.05, 0.1) is 4.90 Å². The van der Waals surface area contributed by atoms with E-state index in [1.807, 2.05) is 6.26 Å². The number of aromatic nitrogens is 2. The molecule has 2 N–H and O–H groups in total. The molecule has 1 atom stereocenters. The van der Waals surface area contributed by atoms with Crippen LogP contribution in [0.4, 0.5) is 5.69 Å². The Hall–Kier alpha value is -2.95. The van der Waals surface area contributed by atoms with E-state index in [0.29, 0.717) is 23.6 Å². The number of hydrogen-bond acceptors (Lipinski definition) is 7. The first-order valence-corrected chi connectivity index (χ1v) is 12.3. The SMILES string of the molecule is CSCCC(NS(=O)(=O)c1ccccc1)C(=O)Nc1ccc(Oc2ncccn2)cc1. The van der Waals surface area contributed by atoms with E-state index in [0.717, 1.165) is 0 Å². The van der Waals surface area contributed by atoms with Crippen LogP contribution in [0.3, 0.4) is 0 Å². The molecule has 1 aromatic heterocycles. The molecule has 1 amide bonds. The van der Waals surface area contributed by atoms with Crippen LogP contribution in [0, 0.1) is 0 Å². The Morgan fingerprint density at radius 1 is 1.03 bits per heavy atom. The van der Waals surface area contributed by atoms with E-state index in [1.165, 1.54) is 23.9 Å². The van der Waals surface area contributed by atoms with Gasteiger partial charge in [0.15, 0.2) is 0 Å². The van der Waals surface area contributed by atoms with E-state index in [1.54, 1.807) is 60.9 Å². The van der Waals surface area contributed by atoms with Crippen LogP contribution >= 0.6 is 11.8 Å². The average Bonchev–Trinajstić information content (AvgIpc) is 2.79. The van der Waals surface area contributed by atoms with Gasteiger partial charge >= 0.3 is 6.01 Å². The first kappa shape index (κ1) is 22.7. The number of anilines is 1. The van der Waals surface area contributed by atoms with E-state index in [2.05, 4.69) is 20.0 Å². The Kier molecular flexibility index (Phi) is 7.99. The van der Waals surface area contributed by atoms with E-state index >= 15 is 0 Å². The Morgan fingerprint density at radius 2 is 1.71 bits per heavy atom. The molecule has 0 saturated heterocycles. The molecule has 10 heteroatoms. The van der Waals surface area contributed by atoms with Gasteiger partial charge in [0.25, 0.3) is 0 Å². The molecule has 2 aromatic carbocycles. The molecule has 3 rings (SSSR count). The predicted octanol–water partition coefficient (Wildman–Crippen LogP) is 3.31. The number of rotatable bonds is 10. The van der Waals surface area contributed by atoms with Crippen LogP contribution in [0.1, 0.15) is 6.42 Å². The van der Waals surface area contributed by atoms with Crippen molar-refractivity contribution in [3.8, 4) is 11.8 Å². The molecule has 0 spiro atoms. The summed E-state index contributed by atoms with van der Waals surface area (Å²) in [5, 5.41) is 2.75. The fourth-order valence-corrected chi connectivity index (χ4v) is 4.34. The highest BCUT2D eigenvalue weighted by atomic mass is 32.2. The highest BCUT2D eigenvalue weighted by Crippen LogP contribution is 2.20. The highest BCUT2D eigenvalue weighted by molar-refractivity contribution is 7.98. The van der Waals surface area contributed by atoms with Gasteiger partial charge in [-0.05, 0) is 60.9 Å². The number of nitrogens with zero attached hydrogens (tertiary/aromatic N) is 2. The predicted molar refractivity (Wildman–Crippen MR) is 121 cm³/mol. The van der Waals surface area contributed by atoms with E-state index < -0.39 is 22.0 Å². The van der Waals surface area contributed by atoms with Crippen molar-refractivity contribution in [2.75, 3.05) is 17.3 Å². The van der Waals surface area contributed by atoms with E-state index in [9.17, 15) is 13.2 Å². The third-order valence-corrected chi connectivity index (χ3v) is 6.28. The minimum absolute atomic E-state index is 0.113. The molecule has 0 saturated carbocycles. The van der Waals surface area contributed by atoms with Crippen molar-refractivity contribution < 1.29 is 17.9 Å². The number of ether oxygens (including phenoxy) is 1. The number of benzene rings is 2. The number of amides is 1. The van der Waals surface area contributed by atoms with Crippen LogP contribution in [0.2, 0.25) is 0 Å². The summed E-state index contributed by atoms with van der Waals surface area (Å²) in [4.78, 5) is 20.9. The smallest absolute Gasteiger partial charge is 0.321 e. The van der Waals surface area contributed by atoms with E-state index in [4.69, 9.17) is 4.74 Å². The molecule has 1 unspecified atom stereocenters. The lowest BCUT2D eigenvalue weighted by atomic mass is 10.2. The second-order valence-electron chi connectivity index (χ2n) is 6.42. The van der Waals surface area contributed by atoms with Crippen molar-refractivity contribution in [3.05, 3.63) is 73.1 Å². The average molecular weight is 459 g/mol. The fourth-order valence-electron chi connectivity index (χ4n) is 2.61. The van der Waals surface area contributed by atoms with Gasteiger partial charge in [-0.25, -0.2) is 18.4 Å². The van der Waals surface area contributed by atoms with Crippen LogP contribution in [0.15, 0.2) is 78.0 Å². The van der Waals surface area contributed by atoms with Crippen molar-refractivity contribution >= 4 is 33.4 Å². The third-order valence-electron chi connectivity index (χ3n) is 4.15. The summed E-state index contributed by atoms with van der Waals surface area (Å²) in [6, 6.07) is 15.6. The molecule has 0 fully saturated rings.